The number of rotatable bonds is 3. The summed E-state index contributed by atoms with van der Waals surface area (Å²) >= 11 is 0. The maximum Gasteiger partial charge on any atom is 0.322 e. The van der Waals surface area contributed by atoms with E-state index in [4.69, 9.17) is 10.6 Å². The molecule has 0 fully saturated rings. The second-order valence-corrected chi connectivity index (χ2v) is 4.65. The number of hydrogen-bond acceptors (Lipinski definition) is 8. The Morgan fingerprint density at radius 1 is 1.14 bits per heavy atom. The Morgan fingerprint density at radius 3 is 2.62 bits per heavy atom. The van der Waals surface area contributed by atoms with Crippen molar-refractivity contribution in [3.05, 3.63) is 24.3 Å². The van der Waals surface area contributed by atoms with E-state index in [1.807, 2.05) is 23.1 Å². The molecule has 2 heterocycles. The molecular formula is C13H17N7O. The van der Waals surface area contributed by atoms with Crippen LogP contribution < -0.4 is 25.8 Å². The normalized spacial score (nSPS) is 13.9. The Hall–Kier alpha value is -2.61. The SMILES string of the molecule is COc1nc(NN)nc(N2CCN(C)c3ccccc32)n1. The van der Waals surface area contributed by atoms with Crippen LogP contribution in [0.15, 0.2) is 24.3 Å². The van der Waals surface area contributed by atoms with E-state index in [0.29, 0.717) is 5.95 Å². The van der Waals surface area contributed by atoms with Gasteiger partial charge >= 0.3 is 6.01 Å². The zero-order valence-corrected chi connectivity index (χ0v) is 11.9. The number of hydrogen-bond donors (Lipinski definition) is 2. The van der Waals surface area contributed by atoms with Crippen LogP contribution in [0.25, 0.3) is 0 Å². The average molecular weight is 287 g/mol. The maximum atomic E-state index is 5.40. The van der Waals surface area contributed by atoms with Crippen LogP contribution in [0.1, 0.15) is 0 Å². The molecule has 0 saturated heterocycles. The van der Waals surface area contributed by atoms with Gasteiger partial charge in [0, 0.05) is 20.1 Å². The van der Waals surface area contributed by atoms with Crippen LogP contribution in [-0.4, -0.2) is 42.2 Å². The summed E-state index contributed by atoms with van der Waals surface area (Å²) in [4.78, 5) is 16.9. The van der Waals surface area contributed by atoms with Crippen molar-refractivity contribution in [2.24, 2.45) is 5.84 Å². The number of fused-ring (bicyclic) bond motifs is 1. The number of para-hydroxylation sites is 2. The number of methoxy groups -OCH3 is 1. The van der Waals surface area contributed by atoms with Gasteiger partial charge in [0.2, 0.25) is 11.9 Å². The Balaban J connectivity index is 2.07. The van der Waals surface area contributed by atoms with Gasteiger partial charge < -0.3 is 14.5 Å². The molecule has 3 rings (SSSR count). The smallest absolute Gasteiger partial charge is 0.322 e. The van der Waals surface area contributed by atoms with Crippen molar-refractivity contribution in [3.63, 3.8) is 0 Å². The minimum atomic E-state index is 0.226. The summed E-state index contributed by atoms with van der Waals surface area (Å²) in [6.45, 7) is 1.64. The summed E-state index contributed by atoms with van der Waals surface area (Å²) in [6, 6.07) is 8.34. The Morgan fingerprint density at radius 2 is 1.90 bits per heavy atom. The highest BCUT2D eigenvalue weighted by atomic mass is 16.5. The fraction of sp³-hybridized carbons (Fsp3) is 0.308. The highest BCUT2D eigenvalue weighted by Gasteiger charge is 2.24. The van der Waals surface area contributed by atoms with Crippen LogP contribution in [0.3, 0.4) is 0 Å². The molecule has 0 amide bonds. The first-order chi connectivity index (χ1) is 10.2. The second-order valence-electron chi connectivity index (χ2n) is 4.65. The molecule has 0 unspecified atom stereocenters. The Kier molecular flexibility index (Phi) is 3.44. The number of likely N-dealkylation sites (N-methyl/N-ethyl adjacent to an activating group) is 1. The molecular weight excluding hydrogens is 270 g/mol. The molecule has 0 spiro atoms. The lowest BCUT2D eigenvalue weighted by Crippen LogP contribution is -2.37. The van der Waals surface area contributed by atoms with Gasteiger partial charge in [-0.05, 0) is 12.1 Å². The predicted molar refractivity (Wildman–Crippen MR) is 80.9 cm³/mol. The molecule has 0 atom stereocenters. The van der Waals surface area contributed by atoms with Crippen molar-refractivity contribution >= 4 is 23.3 Å². The van der Waals surface area contributed by atoms with E-state index in [-0.39, 0.29) is 12.0 Å². The average Bonchev–Trinajstić information content (AvgIpc) is 2.55. The van der Waals surface area contributed by atoms with E-state index in [1.54, 1.807) is 0 Å². The molecule has 0 saturated carbocycles. The second kappa shape index (κ2) is 5.41. The first kappa shape index (κ1) is 13.4. The molecule has 8 heteroatoms. The lowest BCUT2D eigenvalue weighted by atomic mass is 10.2. The van der Waals surface area contributed by atoms with Gasteiger partial charge in [-0.2, -0.15) is 15.0 Å². The van der Waals surface area contributed by atoms with Crippen molar-refractivity contribution in [2.45, 2.75) is 0 Å². The van der Waals surface area contributed by atoms with Gasteiger partial charge in [0.1, 0.15) is 0 Å². The van der Waals surface area contributed by atoms with E-state index in [0.717, 1.165) is 24.5 Å². The standard InChI is InChI=1S/C13H17N7O/c1-19-7-8-20(10-6-4-3-5-9(10)19)12-15-11(18-14)16-13(17-12)21-2/h3-6H,7-8,14H2,1-2H3,(H,15,16,17,18). The highest BCUT2D eigenvalue weighted by Crippen LogP contribution is 2.35. The van der Waals surface area contributed by atoms with Crippen LogP contribution in [0.4, 0.5) is 23.3 Å². The number of ether oxygens (including phenoxy) is 1. The Labute approximate surface area is 122 Å². The summed E-state index contributed by atoms with van der Waals surface area (Å²) in [5.41, 5.74) is 4.61. The summed E-state index contributed by atoms with van der Waals surface area (Å²) < 4.78 is 5.10. The number of nitrogens with zero attached hydrogens (tertiary/aromatic N) is 5. The highest BCUT2D eigenvalue weighted by molar-refractivity contribution is 5.77. The van der Waals surface area contributed by atoms with Gasteiger partial charge in [-0.15, -0.1) is 0 Å². The quantitative estimate of drug-likeness (QED) is 0.631. The van der Waals surface area contributed by atoms with Crippen LogP contribution in [0.5, 0.6) is 6.01 Å². The lowest BCUT2D eigenvalue weighted by molar-refractivity contribution is 0.379. The van der Waals surface area contributed by atoms with Gasteiger partial charge in [0.05, 0.1) is 18.5 Å². The van der Waals surface area contributed by atoms with E-state index < -0.39 is 0 Å². The fourth-order valence-electron chi connectivity index (χ4n) is 2.34. The van der Waals surface area contributed by atoms with Gasteiger partial charge in [-0.1, -0.05) is 12.1 Å². The summed E-state index contributed by atoms with van der Waals surface area (Å²) in [7, 11) is 3.58. The molecule has 0 aliphatic carbocycles. The first-order valence-corrected chi connectivity index (χ1v) is 6.57. The lowest BCUT2D eigenvalue weighted by Gasteiger charge is -2.35. The van der Waals surface area contributed by atoms with Crippen molar-refractivity contribution < 1.29 is 4.74 Å². The molecule has 8 nitrogen and oxygen atoms in total. The largest absolute Gasteiger partial charge is 0.467 e. The van der Waals surface area contributed by atoms with Crippen LogP contribution in [-0.2, 0) is 0 Å². The number of nitrogens with one attached hydrogen (secondary N) is 1. The first-order valence-electron chi connectivity index (χ1n) is 6.57. The third-order valence-corrected chi connectivity index (χ3v) is 3.40. The van der Waals surface area contributed by atoms with Crippen LogP contribution in [0, 0.1) is 0 Å². The monoisotopic (exact) mass is 287 g/mol. The van der Waals surface area contributed by atoms with E-state index in [1.165, 1.54) is 7.11 Å². The minimum Gasteiger partial charge on any atom is -0.467 e. The van der Waals surface area contributed by atoms with Crippen molar-refractivity contribution in [1.82, 2.24) is 15.0 Å². The predicted octanol–water partition coefficient (Wildman–Crippen LogP) is 0.754. The molecule has 21 heavy (non-hydrogen) atoms. The molecule has 0 bridgehead atoms. The molecule has 1 aromatic carbocycles. The zero-order chi connectivity index (χ0) is 14.8. The summed E-state index contributed by atoms with van der Waals surface area (Å²) in [5.74, 6) is 6.18. The van der Waals surface area contributed by atoms with Gasteiger partial charge in [0.15, 0.2) is 0 Å². The number of benzene rings is 1. The minimum absolute atomic E-state index is 0.226. The van der Waals surface area contributed by atoms with Crippen molar-refractivity contribution in [3.8, 4) is 6.01 Å². The zero-order valence-electron chi connectivity index (χ0n) is 11.9. The number of hydrazine groups is 1. The number of nitrogen functional groups attached to an aromatic ring is 1. The molecule has 1 aliphatic rings. The van der Waals surface area contributed by atoms with Gasteiger partial charge in [-0.3, -0.25) is 5.43 Å². The van der Waals surface area contributed by atoms with E-state index in [9.17, 15) is 0 Å². The maximum absolute atomic E-state index is 5.40. The summed E-state index contributed by atoms with van der Waals surface area (Å²) in [6.07, 6.45) is 0. The van der Waals surface area contributed by atoms with Crippen LogP contribution in [0.2, 0.25) is 0 Å². The molecule has 1 aromatic heterocycles. The molecule has 3 N–H and O–H groups in total. The van der Waals surface area contributed by atoms with E-state index in [2.05, 4.69) is 38.4 Å². The number of anilines is 4. The molecule has 2 aromatic rings. The van der Waals surface area contributed by atoms with Crippen molar-refractivity contribution in [1.29, 1.82) is 0 Å². The van der Waals surface area contributed by atoms with E-state index >= 15 is 0 Å². The summed E-state index contributed by atoms with van der Waals surface area (Å²) in [5, 5.41) is 0. The molecule has 1 aliphatic heterocycles. The van der Waals surface area contributed by atoms with Gasteiger partial charge in [-0.25, -0.2) is 5.84 Å². The fourth-order valence-corrected chi connectivity index (χ4v) is 2.34. The third-order valence-electron chi connectivity index (χ3n) is 3.40. The number of nitrogens with two attached hydrogens (primary N) is 1. The molecule has 110 valence electrons. The third kappa shape index (κ3) is 2.40. The number of aromatic nitrogens is 3. The van der Waals surface area contributed by atoms with Crippen molar-refractivity contribution in [2.75, 3.05) is 42.5 Å². The topological polar surface area (TPSA) is 92.4 Å². The molecule has 0 radical (unpaired) electrons. The van der Waals surface area contributed by atoms with Crippen LogP contribution >= 0.6 is 0 Å². The Bertz CT molecular complexity index is 626. The van der Waals surface area contributed by atoms with Gasteiger partial charge in [0.25, 0.3) is 0 Å².